The first-order valence-electron chi connectivity index (χ1n) is 4.96. The number of thiol groups is 1. The van der Waals surface area contributed by atoms with Crippen molar-refractivity contribution in [3.05, 3.63) is 0 Å². The number of amides is 1. The number of nitrogens with two attached hydrogens (primary N) is 1. The van der Waals surface area contributed by atoms with Crippen LogP contribution in [0.4, 0.5) is 0 Å². The minimum atomic E-state index is -0.241. The Morgan fingerprint density at radius 1 is 1.31 bits per heavy atom. The number of hydrogen-bond donors (Lipinski definition) is 2. The van der Waals surface area contributed by atoms with Gasteiger partial charge in [0.15, 0.2) is 0 Å². The van der Waals surface area contributed by atoms with E-state index in [0.29, 0.717) is 0 Å². The van der Waals surface area contributed by atoms with Gasteiger partial charge >= 0.3 is 0 Å². The van der Waals surface area contributed by atoms with E-state index in [1.54, 1.807) is 13.8 Å². The first-order chi connectivity index (χ1) is 6.06. The van der Waals surface area contributed by atoms with Crippen LogP contribution in [-0.4, -0.2) is 11.7 Å². The maximum absolute atomic E-state index is 9.92. The van der Waals surface area contributed by atoms with Gasteiger partial charge in [0.05, 0.1) is 0 Å². The molecule has 1 fully saturated rings. The number of primary amides is 1. The van der Waals surface area contributed by atoms with E-state index in [4.69, 9.17) is 5.73 Å². The van der Waals surface area contributed by atoms with E-state index >= 15 is 0 Å². The summed E-state index contributed by atoms with van der Waals surface area (Å²) in [6, 6.07) is 0. The summed E-state index contributed by atoms with van der Waals surface area (Å²) >= 11 is 3.79. The van der Waals surface area contributed by atoms with Crippen LogP contribution in [0.2, 0.25) is 0 Å². The second-order valence-electron chi connectivity index (χ2n) is 3.29. The van der Waals surface area contributed by atoms with Crippen molar-refractivity contribution < 1.29 is 4.79 Å². The second kappa shape index (κ2) is 11.8. The van der Waals surface area contributed by atoms with Crippen LogP contribution in [0.1, 0.15) is 46.5 Å². The van der Waals surface area contributed by atoms with E-state index in [1.807, 2.05) is 6.92 Å². The van der Waals surface area contributed by atoms with Crippen LogP contribution in [0.15, 0.2) is 0 Å². The molecule has 1 aliphatic carbocycles. The maximum Gasteiger partial charge on any atom is 0.219 e. The van der Waals surface area contributed by atoms with Gasteiger partial charge in [-0.05, 0) is 5.75 Å². The standard InChI is InChI=1S/C4H9NO.C4H8.C2H6S/c1-3(2)4(5)6;1-2-4-3-1;1-2-3/h3H,1-2H3,(H2,5,6);1-4H2;3H,2H2,1H3. The first kappa shape index (κ1) is 15.3. The predicted octanol–water partition coefficient (Wildman–Crippen LogP) is 2.62. The Labute approximate surface area is 87.7 Å². The number of carbonyl (C=O) groups is 1. The highest BCUT2D eigenvalue weighted by molar-refractivity contribution is 7.80. The summed E-state index contributed by atoms with van der Waals surface area (Å²) in [5.41, 5.74) is 4.80. The summed E-state index contributed by atoms with van der Waals surface area (Å²) < 4.78 is 0. The molecule has 1 rings (SSSR count). The van der Waals surface area contributed by atoms with Crippen molar-refractivity contribution in [3.63, 3.8) is 0 Å². The number of rotatable bonds is 1. The van der Waals surface area contributed by atoms with Crippen LogP contribution in [-0.2, 0) is 4.79 Å². The molecule has 0 unspecified atom stereocenters. The molecule has 1 amide bonds. The normalized spacial score (nSPS) is 13.0. The third-order valence-corrected chi connectivity index (χ3v) is 1.57. The monoisotopic (exact) mass is 205 g/mol. The van der Waals surface area contributed by atoms with E-state index < -0.39 is 0 Å². The lowest BCUT2D eigenvalue weighted by Crippen LogP contribution is -2.17. The van der Waals surface area contributed by atoms with Gasteiger partial charge in [-0.15, -0.1) is 0 Å². The highest BCUT2D eigenvalue weighted by atomic mass is 32.1. The molecule has 0 bridgehead atoms. The van der Waals surface area contributed by atoms with E-state index in [0.717, 1.165) is 5.75 Å². The van der Waals surface area contributed by atoms with Crippen molar-refractivity contribution in [2.75, 3.05) is 5.75 Å². The van der Waals surface area contributed by atoms with Gasteiger partial charge < -0.3 is 5.73 Å². The minimum Gasteiger partial charge on any atom is -0.369 e. The van der Waals surface area contributed by atoms with Crippen molar-refractivity contribution in [1.29, 1.82) is 0 Å². The molecular formula is C10H23NOS. The Hall–Kier alpha value is -0.180. The van der Waals surface area contributed by atoms with Gasteiger partial charge in [0.25, 0.3) is 0 Å². The quantitative estimate of drug-likeness (QED) is 0.635. The molecule has 0 saturated heterocycles. The number of carbonyl (C=O) groups excluding carboxylic acids is 1. The molecule has 0 aliphatic heterocycles. The van der Waals surface area contributed by atoms with Gasteiger partial charge in [-0.3, -0.25) is 4.79 Å². The molecule has 0 heterocycles. The largest absolute Gasteiger partial charge is 0.369 e. The third kappa shape index (κ3) is 18.6. The fourth-order valence-corrected chi connectivity index (χ4v) is 0.250. The third-order valence-electron chi connectivity index (χ3n) is 1.57. The van der Waals surface area contributed by atoms with E-state index in [1.165, 1.54) is 25.7 Å². The van der Waals surface area contributed by atoms with Crippen LogP contribution in [0.3, 0.4) is 0 Å². The van der Waals surface area contributed by atoms with Crippen molar-refractivity contribution in [1.82, 2.24) is 0 Å². The Kier molecular flexibility index (Phi) is 13.9. The Morgan fingerprint density at radius 2 is 1.46 bits per heavy atom. The smallest absolute Gasteiger partial charge is 0.219 e. The molecule has 0 aromatic rings. The fourth-order valence-electron chi connectivity index (χ4n) is 0.250. The molecule has 3 heteroatoms. The fraction of sp³-hybridized carbons (Fsp3) is 0.900. The van der Waals surface area contributed by atoms with Crippen molar-refractivity contribution in [2.45, 2.75) is 46.5 Å². The lowest BCUT2D eigenvalue weighted by Gasteiger charge is -2.05. The van der Waals surface area contributed by atoms with Crippen molar-refractivity contribution >= 4 is 18.5 Å². The first-order valence-corrected chi connectivity index (χ1v) is 5.59. The van der Waals surface area contributed by atoms with Gasteiger partial charge in [-0.1, -0.05) is 46.5 Å². The highest BCUT2D eigenvalue weighted by Gasteiger charge is 1.96. The van der Waals surface area contributed by atoms with Crippen LogP contribution >= 0.6 is 12.6 Å². The van der Waals surface area contributed by atoms with Crippen molar-refractivity contribution in [3.8, 4) is 0 Å². The van der Waals surface area contributed by atoms with Crippen LogP contribution in [0.5, 0.6) is 0 Å². The topological polar surface area (TPSA) is 43.1 Å². The second-order valence-corrected chi connectivity index (χ2v) is 3.92. The Balaban J connectivity index is 0. The number of hydrogen-bond acceptors (Lipinski definition) is 2. The summed E-state index contributed by atoms with van der Waals surface area (Å²) in [5, 5.41) is 0. The molecule has 80 valence electrons. The molecule has 0 atom stereocenters. The summed E-state index contributed by atoms with van der Waals surface area (Å²) in [6.45, 7) is 5.52. The summed E-state index contributed by atoms with van der Waals surface area (Å²) in [6.07, 6.45) is 6.00. The maximum atomic E-state index is 9.92. The van der Waals surface area contributed by atoms with Crippen molar-refractivity contribution in [2.24, 2.45) is 11.7 Å². The highest BCUT2D eigenvalue weighted by Crippen LogP contribution is 2.15. The molecule has 0 spiro atoms. The summed E-state index contributed by atoms with van der Waals surface area (Å²) in [4.78, 5) is 9.92. The van der Waals surface area contributed by atoms with Crippen LogP contribution in [0.25, 0.3) is 0 Å². The molecule has 0 radical (unpaired) electrons. The van der Waals surface area contributed by atoms with Gasteiger partial charge in [0, 0.05) is 5.92 Å². The zero-order valence-corrected chi connectivity index (χ0v) is 9.94. The van der Waals surface area contributed by atoms with Crippen LogP contribution < -0.4 is 5.73 Å². The Morgan fingerprint density at radius 3 is 1.46 bits per heavy atom. The van der Waals surface area contributed by atoms with Gasteiger partial charge in [-0.25, -0.2) is 0 Å². The van der Waals surface area contributed by atoms with E-state index in [9.17, 15) is 4.79 Å². The zero-order valence-electron chi connectivity index (χ0n) is 9.05. The molecule has 2 N–H and O–H groups in total. The lowest BCUT2D eigenvalue weighted by molar-refractivity contribution is -0.120. The van der Waals surface area contributed by atoms with Gasteiger partial charge in [0.1, 0.15) is 0 Å². The molecular weight excluding hydrogens is 182 g/mol. The molecule has 2 nitrogen and oxygen atoms in total. The SMILES string of the molecule is C1CCC1.CC(C)C(N)=O.CCS. The average Bonchev–Trinajstić information content (AvgIpc) is 1.84. The Bertz CT molecular complexity index is 107. The molecule has 0 aromatic carbocycles. The molecule has 1 aliphatic rings. The van der Waals surface area contributed by atoms with E-state index in [2.05, 4.69) is 12.6 Å². The molecule has 0 aromatic heterocycles. The predicted molar refractivity (Wildman–Crippen MR) is 62.0 cm³/mol. The van der Waals surface area contributed by atoms with Gasteiger partial charge in [-0.2, -0.15) is 12.6 Å². The average molecular weight is 205 g/mol. The lowest BCUT2D eigenvalue weighted by atomic mass is 10.0. The van der Waals surface area contributed by atoms with E-state index in [-0.39, 0.29) is 11.8 Å². The zero-order chi connectivity index (χ0) is 10.7. The summed E-state index contributed by atoms with van der Waals surface area (Å²) in [5.74, 6) is 0.694. The molecule has 13 heavy (non-hydrogen) atoms. The molecule has 1 saturated carbocycles. The summed E-state index contributed by atoms with van der Waals surface area (Å²) in [7, 11) is 0. The van der Waals surface area contributed by atoms with Gasteiger partial charge in [0.2, 0.25) is 5.91 Å². The van der Waals surface area contributed by atoms with Crippen LogP contribution in [0, 0.1) is 5.92 Å². The minimum absolute atomic E-state index is 0.00926.